The summed E-state index contributed by atoms with van der Waals surface area (Å²) in [5.41, 5.74) is 3.58. The van der Waals surface area contributed by atoms with E-state index in [0.29, 0.717) is 24.3 Å². The molecule has 2 aromatic rings. The van der Waals surface area contributed by atoms with Crippen molar-refractivity contribution in [3.63, 3.8) is 0 Å². The van der Waals surface area contributed by atoms with Crippen LogP contribution in [0.1, 0.15) is 29.8 Å². The third kappa shape index (κ3) is 3.47. The number of benzene rings is 2. The van der Waals surface area contributed by atoms with E-state index in [1.807, 2.05) is 6.92 Å². The van der Waals surface area contributed by atoms with E-state index in [1.165, 1.54) is 10.7 Å². The van der Waals surface area contributed by atoms with Gasteiger partial charge >= 0.3 is 5.97 Å². The number of ether oxygens (including phenoxy) is 1. The highest BCUT2D eigenvalue weighted by Gasteiger charge is 2.59. The van der Waals surface area contributed by atoms with E-state index in [1.54, 1.807) is 31.2 Å². The van der Waals surface area contributed by atoms with Crippen LogP contribution in [0.2, 0.25) is 0 Å². The topological polar surface area (TPSA) is 65.5 Å². The molecule has 1 spiro atoms. The minimum atomic E-state index is -0.734. The van der Waals surface area contributed by atoms with Crippen molar-refractivity contribution in [2.24, 2.45) is 10.5 Å². The Morgan fingerprint density at radius 1 is 1.21 bits per heavy atom. The fourth-order valence-corrected chi connectivity index (χ4v) is 5.78. The number of halogens is 1. The van der Waals surface area contributed by atoms with Crippen LogP contribution in [0.3, 0.4) is 0 Å². The Hall–Kier alpha value is -2.71. The van der Waals surface area contributed by atoms with Gasteiger partial charge in [0.1, 0.15) is 5.41 Å². The number of fused-ring (bicyclic) bond motifs is 4. The van der Waals surface area contributed by atoms with Gasteiger partial charge in [-0.2, -0.15) is 10.1 Å². The summed E-state index contributed by atoms with van der Waals surface area (Å²) in [6.45, 7) is 6.68. The molecule has 2 aromatic carbocycles. The van der Waals surface area contributed by atoms with Crippen molar-refractivity contribution in [2.45, 2.75) is 26.3 Å². The van der Waals surface area contributed by atoms with Gasteiger partial charge in [0.25, 0.3) is 5.91 Å². The lowest BCUT2D eigenvalue weighted by molar-refractivity contribution is -0.125. The number of rotatable bonds is 3. The maximum Gasteiger partial charge on any atom is 0.338 e. The third-order valence-electron chi connectivity index (χ3n) is 7.07. The maximum absolute atomic E-state index is 14.1. The van der Waals surface area contributed by atoms with Crippen molar-refractivity contribution in [1.82, 2.24) is 4.90 Å². The highest BCUT2D eigenvalue weighted by molar-refractivity contribution is 9.10. The number of anilines is 2. The Balaban J connectivity index is 1.54. The van der Waals surface area contributed by atoms with E-state index in [0.717, 1.165) is 35.4 Å². The van der Waals surface area contributed by atoms with Crippen LogP contribution in [0.25, 0.3) is 0 Å². The van der Waals surface area contributed by atoms with Gasteiger partial charge in [0.15, 0.2) is 0 Å². The summed E-state index contributed by atoms with van der Waals surface area (Å²) in [5.74, 6) is -0.386. The lowest BCUT2D eigenvalue weighted by Crippen LogP contribution is -2.66. The standard InChI is InChI=1S/C25H27BrN4O3/c1-4-33-23(31)17-5-8-20(9-6-17)30-24(32)25(16(2)27-30)14-18-13-19(26)7-10-21(18)29-12-11-28(3)15-22(25)29/h5-10,13,22H,4,11-12,14-15H2,1-3H3/t22-,25-/m1/s1. The zero-order chi connectivity index (χ0) is 23.3. The first-order valence-electron chi connectivity index (χ1n) is 11.3. The zero-order valence-electron chi connectivity index (χ0n) is 19.0. The average Bonchev–Trinajstić information content (AvgIpc) is 3.05. The molecule has 3 heterocycles. The molecule has 7 nitrogen and oxygen atoms in total. The molecule has 0 aromatic heterocycles. The van der Waals surface area contributed by atoms with Gasteiger partial charge in [-0.05, 0) is 75.3 Å². The number of amides is 1. The van der Waals surface area contributed by atoms with Crippen molar-refractivity contribution >= 4 is 44.9 Å². The Morgan fingerprint density at radius 3 is 2.70 bits per heavy atom. The first kappa shape index (κ1) is 22.1. The van der Waals surface area contributed by atoms with Crippen LogP contribution in [0.5, 0.6) is 0 Å². The van der Waals surface area contributed by atoms with E-state index in [2.05, 4.69) is 51.0 Å². The molecule has 33 heavy (non-hydrogen) atoms. The largest absolute Gasteiger partial charge is 0.462 e. The van der Waals surface area contributed by atoms with Gasteiger partial charge < -0.3 is 14.5 Å². The molecule has 172 valence electrons. The highest BCUT2D eigenvalue weighted by atomic mass is 79.9. The van der Waals surface area contributed by atoms with Crippen LogP contribution < -0.4 is 9.91 Å². The zero-order valence-corrected chi connectivity index (χ0v) is 20.6. The molecule has 2 atom stereocenters. The van der Waals surface area contributed by atoms with E-state index in [-0.39, 0.29) is 17.9 Å². The number of esters is 1. The quantitative estimate of drug-likeness (QED) is 0.588. The monoisotopic (exact) mass is 510 g/mol. The second-order valence-electron chi connectivity index (χ2n) is 8.96. The molecule has 8 heteroatoms. The van der Waals surface area contributed by atoms with Crippen LogP contribution in [0.15, 0.2) is 52.0 Å². The fourth-order valence-electron chi connectivity index (χ4n) is 5.37. The number of carbonyl (C=O) groups is 2. The van der Waals surface area contributed by atoms with E-state index in [9.17, 15) is 9.59 Å². The van der Waals surface area contributed by atoms with Crippen molar-refractivity contribution in [3.8, 4) is 0 Å². The highest BCUT2D eigenvalue weighted by Crippen LogP contribution is 2.48. The molecule has 3 aliphatic heterocycles. The van der Waals surface area contributed by atoms with Gasteiger partial charge in [0.2, 0.25) is 0 Å². The minimum absolute atomic E-state index is 0.00461. The molecular weight excluding hydrogens is 484 g/mol. The number of hydrogen-bond acceptors (Lipinski definition) is 6. The lowest BCUT2D eigenvalue weighted by Gasteiger charge is -2.52. The van der Waals surface area contributed by atoms with E-state index in [4.69, 9.17) is 9.84 Å². The molecule has 3 aliphatic rings. The van der Waals surface area contributed by atoms with Crippen molar-refractivity contribution in [2.75, 3.05) is 43.2 Å². The van der Waals surface area contributed by atoms with Gasteiger partial charge in [-0.25, -0.2) is 4.79 Å². The molecular formula is C25H27BrN4O3. The fraction of sp³-hybridized carbons (Fsp3) is 0.400. The van der Waals surface area contributed by atoms with Gasteiger partial charge in [-0.15, -0.1) is 0 Å². The molecule has 1 amide bonds. The molecule has 0 saturated carbocycles. The molecule has 0 aliphatic carbocycles. The molecule has 1 saturated heterocycles. The molecule has 5 rings (SSSR count). The van der Waals surface area contributed by atoms with Gasteiger partial charge in [-0.1, -0.05) is 15.9 Å². The van der Waals surface area contributed by atoms with Crippen molar-refractivity contribution in [1.29, 1.82) is 0 Å². The second kappa shape index (κ2) is 8.25. The van der Waals surface area contributed by atoms with Gasteiger partial charge in [-0.3, -0.25) is 4.79 Å². The molecule has 0 bridgehead atoms. The van der Waals surface area contributed by atoms with E-state index < -0.39 is 5.41 Å². The Labute approximate surface area is 202 Å². The second-order valence-corrected chi connectivity index (χ2v) is 9.88. The minimum Gasteiger partial charge on any atom is -0.462 e. The average molecular weight is 511 g/mol. The summed E-state index contributed by atoms with van der Waals surface area (Å²) >= 11 is 3.60. The number of hydrazone groups is 1. The number of likely N-dealkylation sites (N-methyl/N-ethyl adjacent to an activating group) is 1. The summed E-state index contributed by atoms with van der Waals surface area (Å²) in [5, 5.41) is 6.28. The lowest BCUT2D eigenvalue weighted by atomic mass is 9.67. The van der Waals surface area contributed by atoms with Crippen LogP contribution in [0.4, 0.5) is 11.4 Å². The summed E-state index contributed by atoms with van der Waals surface area (Å²) in [7, 11) is 2.11. The predicted molar refractivity (Wildman–Crippen MR) is 132 cm³/mol. The number of hydrogen-bond donors (Lipinski definition) is 0. The van der Waals surface area contributed by atoms with E-state index >= 15 is 0 Å². The first-order valence-corrected chi connectivity index (χ1v) is 12.1. The van der Waals surface area contributed by atoms with Crippen LogP contribution in [0, 0.1) is 5.41 Å². The van der Waals surface area contributed by atoms with Crippen molar-refractivity contribution < 1.29 is 14.3 Å². The Morgan fingerprint density at radius 2 is 1.97 bits per heavy atom. The number of carbonyl (C=O) groups excluding carboxylic acids is 2. The van der Waals surface area contributed by atoms with Gasteiger partial charge in [0.05, 0.1) is 29.6 Å². The number of piperazine rings is 1. The Kier molecular flexibility index (Phi) is 5.53. The first-order chi connectivity index (χ1) is 15.8. The normalized spacial score (nSPS) is 24.5. The molecule has 0 unspecified atom stereocenters. The summed E-state index contributed by atoms with van der Waals surface area (Å²) in [6.07, 6.45) is 0.613. The maximum atomic E-state index is 14.1. The third-order valence-corrected chi connectivity index (χ3v) is 7.56. The summed E-state index contributed by atoms with van der Waals surface area (Å²) < 4.78 is 6.08. The molecule has 1 fully saturated rings. The van der Waals surface area contributed by atoms with Crippen LogP contribution in [-0.4, -0.2) is 61.8 Å². The summed E-state index contributed by atoms with van der Waals surface area (Å²) in [4.78, 5) is 30.9. The van der Waals surface area contributed by atoms with Crippen molar-refractivity contribution in [3.05, 3.63) is 58.1 Å². The summed E-state index contributed by atoms with van der Waals surface area (Å²) in [6, 6.07) is 13.3. The van der Waals surface area contributed by atoms with Crippen LogP contribution >= 0.6 is 15.9 Å². The smallest absolute Gasteiger partial charge is 0.338 e. The Bertz CT molecular complexity index is 1150. The predicted octanol–water partition coefficient (Wildman–Crippen LogP) is 3.71. The molecule has 0 radical (unpaired) electrons. The molecule has 0 N–H and O–H groups in total. The number of nitrogens with zero attached hydrogens (tertiary/aromatic N) is 4. The van der Waals surface area contributed by atoms with Gasteiger partial charge in [0, 0.05) is 29.8 Å². The van der Waals surface area contributed by atoms with Crippen LogP contribution in [-0.2, 0) is 16.0 Å². The SMILES string of the molecule is CCOC(=O)c1ccc(N2N=C(C)[C@@]3(Cc4cc(Br)ccc4N4CCN(C)C[C@@H]43)C2=O)cc1.